The Morgan fingerprint density at radius 1 is 1.08 bits per heavy atom. The van der Waals surface area contributed by atoms with Crippen LogP contribution in [0, 0.1) is 0 Å². The van der Waals surface area contributed by atoms with Crippen molar-refractivity contribution in [2.75, 3.05) is 18.4 Å². The third kappa shape index (κ3) is 2.89. The van der Waals surface area contributed by atoms with E-state index in [1.807, 2.05) is 22.4 Å². The van der Waals surface area contributed by atoms with Crippen molar-refractivity contribution in [3.8, 4) is 0 Å². The SMILES string of the molecule is O=C(Nc1sc2c(c1C(=O)N1CCCCC1)CCC2)c1cccs1. The summed E-state index contributed by atoms with van der Waals surface area (Å²) < 4.78 is 0. The molecular weight excluding hydrogens is 340 g/mol. The topological polar surface area (TPSA) is 49.4 Å². The highest BCUT2D eigenvalue weighted by Crippen LogP contribution is 2.40. The highest BCUT2D eigenvalue weighted by atomic mass is 32.1. The van der Waals surface area contributed by atoms with Crippen molar-refractivity contribution in [2.45, 2.75) is 38.5 Å². The molecule has 126 valence electrons. The number of amides is 2. The van der Waals surface area contributed by atoms with Crippen molar-refractivity contribution in [3.05, 3.63) is 38.4 Å². The van der Waals surface area contributed by atoms with Crippen molar-refractivity contribution in [1.29, 1.82) is 0 Å². The number of thiophene rings is 2. The second-order valence-corrected chi connectivity index (χ2v) is 8.40. The van der Waals surface area contributed by atoms with Gasteiger partial charge < -0.3 is 10.2 Å². The molecule has 0 unspecified atom stereocenters. The molecule has 0 saturated carbocycles. The summed E-state index contributed by atoms with van der Waals surface area (Å²) >= 11 is 3.01. The van der Waals surface area contributed by atoms with Crippen LogP contribution in [0.2, 0.25) is 0 Å². The van der Waals surface area contributed by atoms with Crippen molar-refractivity contribution >= 4 is 39.5 Å². The van der Waals surface area contributed by atoms with E-state index in [1.54, 1.807) is 11.3 Å². The fraction of sp³-hybridized carbons (Fsp3) is 0.444. The van der Waals surface area contributed by atoms with Gasteiger partial charge in [0.15, 0.2) is 0 Å². The number of carbonyl (C=O) groups excluding carboxylic acids is 2. The van der Waals surface area contributed by atoms with Gasteiger partial charge in [-0.25, -0.2) is 0 Å². The quantitative estimate of drug-likeness (QED) is 0.893. The summed E-state index contributed by atoms with van der Waals surface area (Å²) in [5.41, 5.74) is 1.94. The zero-order chi connectivity index (χ0) is 16.5. The fourth-order valence-electron chi connectivity index (χ4n) is 3.55. The predicted molar refractivity (Wildman–Crippen MR) is 98.4 cm³/mol. The first-order valence-electron chi connectivity index (χ1n) is 8.52. The van der Waals surface area contributed by atoms with E-state index in [1.165, 1.54) is 28.2 Å². The number of hydrogen-bond donors (Lipinski definition) is 1. The summed E-state index contributed by atoms with van der Waals surface area (Å²) in [6.07, 6.45) is 6.45. The zero-order valence-corrected chi connectivity index (χ0v) is 15.1. The summed E-state index contributed by atoms with van der Waals surface area (Å²) in [7, 11) is 0. The Kier molecular flexibility index (Phi) is 4.41. The number of rotatable bonds is 3. The number of anilines is 1. The lowest BCUT2D eigenvalue weighted by molar-refractivity contribution is 0.0725. The third-order valence-electron chi connectivity index (χ3n) is 4.75. The van der Waals surface area contributed by atoms with Crippen molar-refractivity contribution in [1.82, 2.24) is 4.90 Å². The Morgan fingerprint density at radius 2 is 1.92 bits per heavy atom. The molecule has 0 bridgehead atoms. The summed E-state index contributed by atoms with van der Waals surface area (Å²) in [5, 5.41) is 5.64. The number of carbonyl (C=O) groups is 2. The van der Waals surface area contributed by atoms with Gasteiger partial charge in [-0.2, -0.15) is 0 Å². The van der Waals surface area contributed by atoms with Crippen LogP contribution in [0.4, 0.5) is 5.00 Å². The van der Waals surface area contributed by atoms with E-state index in [2.05, 4.69) is 5.32 Å². The molecule has 4 rings (SSSR count). The third-order valence-corrected chi connectivity index (χ3v) is 6.83. The molecule has 1 fully saturated rings. The molecule has 24 heavy (non-hydrogen) atoms. The molecule has 1 aliphatic heterocycles. The summed E-state index contributed by atoms with van der Waals surface area (Å²) in [6, 6.07) is 3.68. The van der Waals surface area contributed by atoms with E-state index in [0.29, 0.717) is 4.88 Å². The maximum Gasteiger partial charge on any atom is 0.266 e. The number of fused-ring (bicyclic) bond motifs is 1. The summed E-state index contributed by atoms with van der Waals surface area (Å²) in [6.45, 7) is 1.67. The first-order valence-corrected chi connectivity index (χ1v) is 10.2. The maximum absolute atomic E-state index is 13.1. The van der Waals surface area contributed by atoms with E-state index >= 15 is 0 Å². The average Bonchev–Trinajstić information content (AvgIpc) is 3.32. The molecule has 1 aliphatic carbocycles. The van der Waals surface area contributed by atoms with Gasteiger partial charge in [0.2, 0.25) is 0 Å². The fourth-order valence-corrected chi connectivity index (χ4v) is 5.44. The minimum absolute atomic E-state index is 0.107. The Morgan fingerprint density at radius 3 is 2.67 bits per heavy atom. The minimum atomic E-state index is -0.113. The van der Waals surface area contributed by atoms with E-state index in [0.717, 1.165) is 55.8 Å². The van der Waals surface area contributed by atoms with E-state index < -0.39 is 0 Å². The molecule has 1 saturated heterocycles. The zero-order valence-electron chi connectivity index (χ0n) is 13.5. The Labute approximate surface area is 149 Å². The second kappa shape index (κ2) is 6.69. The van der Waals surface area contributed by atoms with Crippen LogP contribution in [0.25, 0.3) is 0 Å². The number of likely N-dealkylation sites (tertiary alicyclic amines) is 1. The monoisotopic (exact) mass is 360 g/mol. The van der Waals surface area contributed by atoms with Crippen LogP contribution in [0.15, 0.2) is 17.5 Å². The standard InChI is InChI=1S/C18H20N2O2S2/c21-16(14-8-5-11-23-14)19-17-15(12-6-4-7-13(12)24-17)18(22)20-9-2-1-3-10-20/h5,8,11H,1-4,6-7,9-10H2,(H,19,21). The molecule has 2 amide bonds. The molecule has 0 aromatic carbocycles. The predicted octanol–water partition coefficient (Wildman–Crippen LogP) is 4.18. The van der Waals surface area contributed by atoms with Crippen LogP contribution in [-0.4, -0.2) is 29.8 Å². The molecule has 3 heterocycles. The van der Waals surface area contributed by atoms with E-state index in [9.17, 15) is 9.59 Å². The first-order chi connectivity index (χ1) is 11.7. The normalized spacial score (nSPS) is 16.9. The molecule has 2 aromatic heterocycles. The number of aryl methyl sites for hydroxylation is 1. The van der Waals surface area contributed by atoms with Crippen LogP contribution in [0.5, 0.6) is 0 Å². The number of piperidine rings is 1. The highest BCUT2D eigenvalue weighted by molar-refractivity contribution is 7.17. The number of nitrogens with one attached hydrogen (secondary N) is 1. The lowest BCUT2D eigenvalue weighted by atomic mass is 10.1. The lowest BCUT2D eigenvalue weighted by Gasteiger charge is -2.27. The van der Waals surface area contributed by atoms with Gasteiger partial charge in [-0.15, -0.1) is 22.7 Å². The first kappa shape index (κ1) is 15.8. The molecule has 1 N–H and O–H groups in total. The highest BCUT2D eigenvalue weighted by Gasteiger charge is 2.30. The summed E-state index contributed by atoms with van der Waals surface area (Å²) in [5.74, 6) is -0.00630. The van der Waals surface area contributed by atoms with Gasteiger partial charge in [0, 0.05) is 18.0 Å². The second-order valence-electron chi connectivity index (χ2n) is 6.35. The molecule has 0 radical (unpaired) electrons. The van der Waals surface area contributed by atoms with Crippen molar-refractivity contribution in [2.24, 2.45) is 0 Å². The van der Waals surface area contributed by atoms with Crippen LogP contribution < -0.4 is 5.32 Å². The van der Waals surface area contributed by atoms with Crippen LogP contribution in [-0.2, 0) is 12.8 Å². The Balaban J connectivity index is 1.64. The molecule has 2 aromatic rings. The molecule has 0 spiro atoms. The number of nitrogens with zero attached hydrogens (tertiary/aromatic N) is 1. The van der Waals surface area contributed by atoms with E-state index in [-0.39, 0.29) is 11.8 Å². The molecule has 0 atom stereocenters. The molecule has 6 heteroatoms. The van der Waals surface area contributed by atoms with Gasteiger partial charge in [0.1, 0.15) is 5.00 Å². The largest absolute Gasteiger partial charge is 0.339 e. The molecule has 2 aliphatic rings. The molecule has 4 nitrogen and oxygen atoms in total. The van der Waals surface area contributed by atoms with Crippen molar-refractivity contribution in [3.63, 3.8) is 0 Å². The van der Waals surface area contributed by atoms with Crippen LogP contribution in [0.1, 0.15) is 56.2 Å². The smallest absolute Gasteiger partial charge is 0.266 e. The molecular formula is C18H20N2O2S2. The van der Waals surface area contributed by atoms with Gasteiger partial charge >= 0.3 is 0 Å². The van der Waals surface area contributed by atoms with Gasteiger partial charge in [-0.1, -0.05) is 6.07 Å². The van der Waals surface area contributed by atoms with Gasteiger partial charge in [0.25, 0.3) is 11.8 Å². The van der Waals surface area contributed by atoms with Crippen LogP contribution >= 0.6 is 22.7 Å². The maximum atomic E-state index is 13.1. The van der Waals surface area contributed by atoms with Gasteiger partial charge in [-0.05, 0) is 55.5 Å². The average molecular weight is 361 g/mol. The van der Waals surface area contributed by atoms with Crippen LogP contribution in [0.3, 0.4) is 0 Å². The number of hydrogen-bond acceptors (Lipinski definition) is 4. The van der Waals surface area contributed by atoms with Gasteiger partial charge in [0.05, 0.1) is 10.4 Å². The minimum Gasteiger partial charge on any atom is -0.339 e. The van der Waals surface area contributed by atoms with Crippen molar-refractivity contribution < 1.29 is 9.59 Å². The van der Waals surface area contributed by atoms with Gasteiger partial charge in [-0.3, -0.25) is 9.59 Å². The Bertz CT molecular complexity index is 758. The van der Waals surface area contributed by atoms with E-state index in [4.69, 9.17) is 0 Å². The lowest BCUT2D eigenvalue weighted by Crippen LogP contribution is -2.36. The summed E-state index contributed by atoms with van der Waals surface area (Å²) in [4.78, 5) is 29.4. The Hall–Kier alpha value is -1.66.